The maximum Gasteiger partial charge on any atom is 0.306 e. The second kappa shape index (κ2) is 4.11. The molecule has 0 aromatic heterocycles. The molecule has 0 bridgehead atoms. The molecule has 0 radical (unpaired) electrons. The van der Waals surface area contributed by atoms with E-state index in [9.17, 15) is 23.3 Å². The third-order valence-electron chi connectivity index (χ3n) is 1.34. The van der Waals surface area contributed by atoms with Gasteiger partial charge in [0, 0.05) is 17.3 Å². The van der Waals surface area contributed by atoms with E-state index in [4.69, 9.17) is 0 Å². The van der Waals surface area contributed by atoms with Crippen molar-refractivity contribution < 1.29 is 18.1 Å². The van der Waals surface area contributed by atoms with Crippen molar-refractivity contribution in [3.63, 3.8) is 0 Å². The van der Waals surface area contributed by atoms with Gasteiger partial charge < -0.3 is 9.27 Å². The number of nitrogens with zero attached hydrogens (tertiary/aromatic N) is 1. The summed E-state index contributed by atoms with van der Waals surface area (Å²) in [5.41, 5.74) is -0.841. The normalized spacial score (nSPS) is 12.1. The minimum absolute atomic E-state index is 0.0635. The van der Waals surface area contributed by atoms with E-state index < -0.39 is 27.7 Å². The second-order valence-corrected chi connectivity index (χ2v) is 2.93. The summed E-state index contributed by atoms with van der Waals surface area (Å²) in [5.74, 6) is -1.02. The van der Waals surface area contributed by atoms with Crippen molar-refractivity contribution >= 4 is 22.6 Å². The zero-order valence-corrected chi connectivity index (χ0v) is 7.41. The Kier molecular flexibility index (Phi) is 3.10. The summed E-state index contributed by atoms with van der Waals surface area (Å²) in [6.45, 7) is 0. The van der Waals surface area contributed by atoms with Gasteiger partial charge in [0.1, 0.15) is 0 Å². The Morgan fingerprint density at radius 3 is 2.64 bits per heavy atom. The molecule has 1 unspecified atom stereocenters. The molecular formula is C6H4FN2O4S-. The number of rotatable bonds is 3. The highest BCUT2D eigenvalue weighted by molar-refractivity contribution is 7.80. The summed E-state index contributed by atoms with van der Waals surface area (Å²) in [6, 6.07) is 2.69. The van der Waals surface area contributed by atoms with Crippen LogP contribution in [0, 0.1) is 15.9 Å². The lowest BCUT2D eigenvalue weighted by Crippen LogP contribution is -2.03. The largest absolute Gasteiger partial charge is 0.755 e. The van der Waals surface area contributed by atoms with Crippen molar-refractivity contribution in [3.8, 4) is 0 Å². The third kappa shape index (κ3) is 2.47. The number of benzene rings is 1. The Bertz CT molecular complexity index is 397. The molecule has 0 fully saturated rings. The van der Waals surface area contributed by atoms with Crippen LogP contribution >= 0.6 is 0 Å². The Hall–Kier alpha value is -1.54. The van der Waals surface area contributed by atoms with Crippen molar-refractivity contribution in [1.29, 1.82) is 0 Å². The average Bonchev–Trinajstić information content (AvgIpc) is 2.07. The van der Waals surface area contributed by atoms with Crippen LogP contribution in [-0.4, -0.2) is 13.7 Å². The van der Waals surface area contributed by atoms with Crippen LogP contribution in [0.4, 0.5) is 15.8 Å². The molecule has 6 nitrogen and oxygen atoms in total. The van der Waals surface area contributed by atoms with Gasteiger partial charge in [-0.05, 0) is 12.1 Å². The maximum atomic E-state index is 12.7. The van der Waals surface area contributed by atoms with Crippen LogP contribution in [0.1, 0.15) is 0 Å². The van der Waals surface area contributed by atoms with E-state index in [1.54, 1.807) is 0 Å². The predicted octanol–water partition coefficient (Wildman–Crippen LogP) is 0.940. The molecule has 0 saturated heterocycles. The van der Waals surface area contributed by atoms with Crippen molar-refractivity contribution in [2.24, 2.45) is 0 Å². The summed E-state index contributed by atoms with van der Waals surface area (Å²) in [6.07, 6.45) is 0. The minimum atomic E-state index is -2.59. The first-order valence-corrected chi connectivity index (χ1v) is 4.38. The van der Waals surface area contributed by atoms with Gasteiger partial charge in [-0.25, -0.2) is 0 Å². The first-order chi connectivity index (χ1) is 6.50. The fraction of sp³-hybridized carbons (Fsp3) is 0. The van der Waals surface area contributed by atoms with Gasteiger partial charge in [-0.3, -0.25) is 14.3 Å². The molecule has 0 amide bonds. The van der Waals surface area contributed by atoms with E-state index in [2.05, 4.69) is 0 Å². The summed E-state index contributed by atoms with van der Waals surface area (Å²) < 4.78 is 34.9. The number of hydrogen-bond acceptors (Lipinski definition) is 4. The van der Waals surface area contributed by atoms with E-state index in [1.807, 2.05) is 4.72 Å². The van der Waals surface area contributed by atoms with Crippen LogP contribution in [0.3, 0.4) is 0 Å². The van der Waals surface area contributed by atoms with Crippen LogP contribution in [0.5, 0.6) is 0 Å². The van der Waals surface area contributed by atoms with Gasteiger partial charge in [-0.1, -0.05) is 0 Å². The van der Waals surface area contributed by atoms with Gasteiger partial charge in [0.2, 0.25) is 5.82 Å². The van der Waals surface area contributed by atoms with Crippen LogP contribution < -0.4 is 4.72 Å². The standard InChI is InChI=1S/C6H5FN2O4S/c7-5-2-1-4(8-14(12)13)3-6(5)9(10)11/h1-3,8H,(H,12,13)/p-1. The number of anilines is 1. The van der Waals surface area contributed by atoms with Gasteiger partial charge in [0.25, 0.3) is 0 Å². The lowest BCUT2D eigenvalue weighted by Gasteiger charge is -2.07. The lowest BCUT2D eigenvalue weighted by atomic mass is 10.3. The molecule has 76 valence electrons. The third-order valence-corrected chi connectivity index (χ3v) is 1.75. The zero-order valence-electron chi connectivity index (χ0n) is 6.60. The van der Waals surface area contributed by atoms with E-state index in [-0.39, 0.29) is 5.69 Å². The van der Waals surface area contributed by atoms with E-state index in [1.165, 1.54) is 0 Å². The lowest BCUT2D eigenvalue weighted by molar-refractivity contribution is -0.387. The molecule has 0 saturated carbocycles. The van der Waals surface area contributed by atoms with Crippen LogP contribution in [0.2, 0.25) is 0 Å². The Morgan fingerprint density at radius 1 is 1.50 bits per heavy atom. The summed E-state index contributed by atoms with van der Waals surface area (Å²) in [4.78, 5) is 9.31. The Balaban J connectivity index is 3.06. The first-order valence-electron chi connectivity index (χ1n) is 3.30. The predicted molar refractivity (Wildman–Crippen MR) is 45.6 cm³/mol. The molecule has 14 heavy (non-hydrogen) atoms. The van der Waals surface area contributed by atoms with E-state index >= 15 is 0 Å². The minimum Gasteiger partial charge on any atom is -0.755 e. The van der Waals surface area contributed by atoms with Crippen LogP contribution in [0.15, 0.2) is 18.2 Å². The molecule has 1 N–H and O–H groups in total. The van der Waals surface area contributed by atoms with Crippen LogP contribution in [-0.2, 0) is 11.3 Å². The van der Waals surface area contributed by atoms with E-state index in [0.717, 1.165) is 18.2 Å². The SMILES string of the molecule is O=[N+]([O-])c1cc(NS(=O)[O-])ccc1F. The van der Waals surface area contributed by atoms with Gasteiger partial charge in [-0.15, -0.1) is 0 Å². The van der Waals surface area contributed by atoms with Crippen LogP contribution in [0.25, 0.3) is 0 Å². The molecule has 0 heterocycles. The van der Waals surface area contributed by atoms with Crippen molar-refractivity contribution in [2.45, 2.75) is 0 Å². The molecule has 1 rings (SSSR count). The second-order valence-electron chi connectivity index (χ2n) is 2.26. The number of nitro benzene ring substituents is 1. The number of nitrogens with one attached hydrogen (secondary N) is 1. The fourth-order valence-corrected chi connectivity index (χ4v) is 1.13. The van der Waals surface area contributed by atoms with Gasteiger partial charge >= 0.3 is 5.69 Å². The highest BCUT2D eigenvalue weighted by Gasteiger charge is 2.13. The molecule has 1 aromatic rings. The quantitative estimate of drug-likeness (QED) is 0.464. The van der Waals surface area contributed by atoms with Gasteiger partial charge in [0.05, 0.1) is 10.6 Å². The zero-order chi connectivity index (χ0) is 10.7. The number of nitro groups is 1. The summed E-state index contributed by atoms with van der Waals surface area (Å²) >= 11 is -2.59. The van der Waals surface area contributed by atoms with Crippen molar-refractivity contribution in [2.75, 3.05) is 4.72 Å². The summed E-state index contributed by atoms with van der Waals surface area (Å²) in [7, 11) is 0. The summed E-state index contributed by atoms with van der Waals surface area (Å²) in [5, 5.41) is 10.2. The molecule has 1 aromatic carbocycles. The fourth-order valence-electron chi connectivity index (χ4n) is 0.812. The molecule has 8 heteroatoms. The monoisotopic (exact) mass is 219 g/mol. The van der Waals surface area contributed by atoms with Crippen molar-refractivity contribution in [3.05, 3.63) is 34.1 Å². The molecule has 0 aliphatic carbocycles. The Labute approximate surface area is 80.3 Å². The highest BCUT2D eigenvalue weighted by Crippen LogP contribution is 2.21. The Morgan fingerprint density at radius 2 is 2.14 bits per heavy atom. The maximum absolute atomic E-state index is 12.7. The van der Waals surface area contributed by atoms with E-state index in [0.29, 0.717) is 0 Å². The molecular weight excluding hydrogens is 215 g/mol. The smallest absolute Gasteiger partial charge is 0.306 e. The first kappa shape index (κ1) is 10.5. The average molecular weight is 219 g/mol. The number of halogens is 1. The highest BCUT2D eigenvalue weighted by atomic mass is 32.2. The molecule has 1 atom stereocenters. The molecule has 0 aliphatic rings. The molecule has 0 spiro atoms. The van der Waals surface area contributed by atoms with Gasteiger partial charge in [-0.2, -0.15) is 4.39 Å². The topological polar surface area (TPSA) is 95.3 Å². The van der Waals surface area contributed by atoms with Gasteiger partial charge in [0.15, 0.2) is 0 Å². The number of hydrogen-bond donors (Lipinski definition) is 1. The van der Waals surface area contributed by atoms with Crippen molar-refractivity contribution in [1.82, 2.24) is 0 Å². The molecule has 0 aliphatic heterocycles.